The first-order valence-corrected chi connectivity index (χ1v) is 13.3. The van der Waals surface area contributed by atoms with E-state index >= 15 is 0 Å². The van der Waals surface area contributed by atoms with Gasteiger partial charge in [-0.3, -0.25) is 9.59 Å². The van der Waals surface area contributed by atoms with Crippen molar-refractivity contribution in [2.75, 3.05) is 25.2 Å². The summed E-state index contributed by atoms with van der Waals surface area (Å²) in [5, 5.41) is 15.0. The van der Waals surface area contributed by atoms with E-state index in [4.69, 9.17) is 9.37 Å². The number of fused-ring (bicyclic) bond motifs is 2. The van der Waals surface area contributed by atoms with E-state index in [1.165, 1.54) is 0 Å². The van der Waals surface area contributed by atoms with E-state index in [1.807, 2.05) is 36.4 Å². The van der Waals surface area contributed by atoms with Crippen LogP contribution >= 0.6 is 0 Å². The van der Waals surface area contributed by atoms with E-state index in [9.17, 15) is 9.59 Å². The molecule has 2 aliphatic rings. The molecule has 2 aromatic heterocycles. The third kappa shape index (κ3) is 5.41. The minimum Gasteiger partial charge on any atom is -0.381 e. The van der Waals surface area contributed by atoms with Crippen molar-refractivity contribution in [2.24, 2.45) is 0 Å². The molecule has 0 spiro atoms. The number of anilines is 1. The Hall–Kier alpha value is -4.64. The number of hydrogen-bond donors (Lipinski definition) is 0. The minimum atomic E-state index is -0.101. The number of aromatic nitrogens is 4. The molecule has 7 rings (SSSR count). The molecular weight excluding hydrogens is 512 g/mol. The Morgan fingerprint density at radius 2 is 1.20 bits per heavy atom. The Kier molecular flexibility index (Phi) is 7.19. The summed E-state index contributed by atoms with van der Waals surface area (Å²) >= 11 is 0. The number of carbonyl (C=O) groups is 2. The van der Waals surface area contributed by atoms with Gasteiger partial charge in [-0.2, -0.15) is 0 Å². The monoisotopic (exact) mass is 540 g/mol. The van der Waals surface area contributed by atoms with Crippen LogP contribution in [0.5, 0.6) is 0 Å². The smallest absolute Gasteiger partial charge is 0.258 e. The third-order valence-electron chi connectivity index (χ3n) is 7.21. The van der Waals surface area contributed by atoms with Gasteiger partial charge in [0.05, 0.1) is 0 Å². The van der Waals surface area contributed by atoms with Crippen LogP contribution in [0, 0.1) is 0 Å². The Bertz CT molecular complexity index is 1620. The Morgan fingerprint density at radius 3 is 1.77 bits per heavy atom. The first kappa shape index (κ1) is 25.6. The van der Waals surface area contributed by atoms with Crippen LogP contribution in [-0.2, 0) is 4.74 Å². The fraction of sp³-hybridized carbons (Fsp3) is 0.310. The van der Waals surface area contributed by atoms with Crippen molar-refractivity contribution in [3.8, 4) is 0 Å². The summed E-state index contributed by atoms with van der Waals surface area (Å²) in [6.45, 7) is 1.49. The van der Waals surface area contributed by atoms with Gasteiger partial charge in [-0.05, 0) is 94.8 Å². The van der Waals surface area contributed by atoms with Gasteiger partial charge in [-0.25, -0.2) is 9.26 Å². The number of rotatable bonds is 5. The molecule has 1 saturated heterocycles. The molecule has 0 atom stereocenters. The molecular formula is C29H28N6O5. The normalized spacial score (nSPS) is 15.4. The zero-order valence-corrected chi connectivity index (χ0v) is 22.0. The highest BCUT2D eigenvalue weighted by Crippen LogP contribution is 2.33. The molecule has 40 heavy (non-hydrogen) atoms. The maximum absolute atomic E-state index is 12.9. The number of carbonyl (C=O) groups excluding carboxylic acids is 2. The summed E-state index contributed by atoms with van der Waals surface area (Å²) in [5.74, 6) is -0.00889. The van der Waals surface area contributed by atoms with Crippen LogP contribution in [0.25, 0.3) is 22.1 Å². The molecule has 204 valence electrons. The second-order valence-corrected chi connectivity index (χ2v) is 9.92. The average molecular weight is 541 g/mol. The van der Waals surface area contributed by atoms with Crippen LogP contribution in [0.4, 0.5) is 5.69 Å². The highest BCUT2D eigenvalue weighted by Gasteiger charge is 2.38. The largest absolute Gasteiger partial charge is 0.381 e. The van der Waals surface area contributed by atoms with Crippen molar-refractivity contribution in [1.82, 2.24) is 25.5 Å². The number of hydrogen-bond acceptors (Lipinski definition) is 9. The van der Waals surface area contributed by atoms with E-state index in [1.54, 1.807) is 42.3 Å². The SMILES string of the molecule is CN(C(=O)c1ccc2nonc2c1)c1ccccc1.O=C(c1ccc2nonc2c1)N(C1CCOCC1)C1CC1. The zero-order valence-electron chi connectivity index (χ0n) is 22.0. The van der Waals surface area contributed by atoms with Crippen LogP contribution in [-0.4, -0.2) is 69.7 Å². The zero-order chi connectivity index (χ0) is 27.5. The number of ether oxygens (including phenoxy) is 1. The lowest BCUT2D eigenvalue weighted by atomic mass is 10.0. The van der Waals surface area contributed by atoms with Crippen molar-refractivity contribution < 1.29 is 23.6 Å². The fourth-order valence-electron chi connectivity index (χ4n) is 4.89. The Balaban J connectivity index is 0.000000145. The molecule has 2 fully saturated rings. The van der Waals surface area contributed by atoms with E-state index in [0.29, 0.717) is 45.3 Å². The molecule has 0 radical (unpaired) electrons. The molecule has 3 heterocycles. The van der Waals surface area contributed by atoms with Crippen LogP contribution in [0.1, 0.15) is 46.4 Å². The fourth-order valence-corrected chi connectivity index (χ4v) is 4.89. The van der Waals surface area contributed by atoms with Gasteiger partial charge >= 0.3 is 0 Å². The summed E-state index contributed by atoms with van der Waals surface area (Å²) in [6, 6.07) is 20.6. The maximum Gasteiger partial charge on any atom is 0.258 e. The summed E-state index contributed by atoms with van der Waals surface area (Å²) in [5.41, 5.74) is 4.57. The standard InChI is InChI=1S/C15H17N3O3.C14H11N3O2/c19-15(10-1-4-13-14(9-10)17-21-16-13)18(11-2-3-11)12-5-7-20-8-6-12;1-17(11-5-3-2-4-6-11)14(18)10-7-8-12-13(9-10)16-19-15-12/h1,4,9,11-12H,2-3,5-8H2;2-9H,1H3. The van der Waals surface area contributed by atoms with Crippen molar-refractivity contribution >= 4 is 39.6 Å². The summed E-state index contributed by atoms with van der Waals surface area (Å²) in [4.78, 5) is 28.9. The predicted octanol–water partition coefficient (Wildman–Crippen LogP) is 4.51. The van der Waals surface area contributed by atoms with E-state index in [2.05, 4.69) is 30.2 Å². The number of amides is 2. The van der Waals surface area contributed by atoms with E-state index in [0.717, 1.165) is 44.6 Å². The molecule has 1 aliphatic carbocycles. The second-order valence-electron chi connectivity index (χ2n) is 9.92. The van der Waals surface area contributed by atoms with Gasteiger partial charge in [0, 0.05) is 49.2 Å². The van der Waals surface area contributed by atoms with Crippen LogP contribution < -0.4 is 4.90 Å². The van der Waals surface area contributed by atoms with E-state index in [-0.39, 0.29) is 11.8 Å². The third-order valence-corrected chi connectivity index (χ3v) is 7.21. The highest BCUT2D eigenvalue weighted by atomic mass is 16.6. The highest BCUT2D eigenvalue weighted by molar-refractivity contribution is 6.07. The minimum absolute atomic E-state index is 0.0919. The summed E-state index contributed by atoms with van der Waals surface area (Å²) < 4.78 is 14.7. The Morgan fingerprint density at radius 1 is 0.675 bits per heavy atom. The van der Waals surface area contributed by atoms with Gasteiger partial charge in [0.1, 0.15) is 22.1 Å². The Labute approximate surface area is 229 Å². The molecule has 11 heteroatoms. The molecule has 5 aromatic rings. The van der Waals surface area contributed by atoms with Gasteiger partial charge in [0.15, 0.2) is 0 Å². The molecule has 3 aromatic carbocycles. The lowest BCUT2D eigenvalue weighted by Gasteiger charge is -2.34. The molecule has 2 amide bonds. The maximum atomic E-state index is 12.9. The summed E-state index contributed by atoms with van der Waals surface area (Å²) in [6.07, 6.45) is 4.07. The van der Waals surface area contributed by atoms with Gasteiger partial charge in [-0.15, -0.1) is 0 Å². The first-order chi connectivity index (χ1) is 19.6. The molecule has 11 nitrogen and oxygen atoms in total. The van der Waals surface area contributed by atoms with Gasteiger partial charge in [0.2, 0.25) is 0 Å². The molecule has 1 aliphatic heterocycles. The molecule has 1 saturated carbocycles. The molecule has 0 unspecified atom stereocenters. The second kappa shape index (κ2) is 11.2. The number of benzene rings is 3. The number of para-hydroxylation sites is 1. The lowest BCUT2D eigenvalue weighted by molar-refractivity contribution is 0.0267. The van der Waals surface area contributed by atoms with Crippen LogP contribution in [0.2, 0.25) is 0 Å². The van der Waals surface area contributed by atoms with Crippen molar-refractivity contribution in [3.05, 3.63) is 77.9 Å². The van der Waals surface area contributed by atoms with Gasteiger partial charge in [-0.1, -0.05) is 18.2 Å². The molecule has 0 N–H and O–H groups in total. The van der Waals surface area contributed by atoms with E-state index < -0.39 is 0 Å². The topological polar surface area (TPSA) is 128 Å². The van der Waals surface area contributed by atoms with Gasteiger partial charge < -0.3 is 14.5 Å². The first-order valence-electron chi connectivity index (χ1n) is 13.3. The molecule has 0 bridgehead atoms. The van der Waals surface area contributed by atoms with Crippen LogP contribution in [0.15, 0.2) is 76.0 Å². The lowest BCUT2D eigenvalue weighted by Crippen LogP contribution is -2.44. The number of nitrogens with zero attached hydrogens (tertiary/aromatic N) is 6. The van der Waals surface area contributed by atoms with Crippen molar-refractivity contribution in [3.63, 3.8) is 0 Å². The van der Waals surface area contributed by atoms with Crippen LogP contribution in [0.3, 0.4) is 0 Å². The average Bonchev–Trinajstić information content (AvgIpc) is 3.52. The van der Waals surface area contributed by atoms with Crippen molar-refractivity contribution in [2.45, 2.75) is 37.8 Å². The van der Waals surface area contributed by atoms with Crippen molar-refractivity contribution in [1.29, 1.82) is 0 Å². The quantitative estimate of drug-likeness (QED) is 0.316. The summed E-state index contributed by atoms with van der Waals surface area (Å²) in [7, 11) is 1.74. The van der Waals surface area contributed by atoms with Gasteiger partial charge in [0.25, 0.3) is 11.8 Å². The predicted molar refractivity (Wildman–Crippen MR) is 146 cm³/mol.